The Labute approximate surface area is 111 Å². The van der Waals surface area contributed by atoms with Crippen LogP contribution in [0, 0.1) is 0 Å². The van der Waals surface area contributed by atoms with E-state index in [4.69, 9.17) is 21.5 Å². The van der Waals surface area contributed by atoms with Crippen LogP contribution in [0.1, 0.15) is 18.9 Å². The van der Waals surface area contributed by atoms with Crippen LogP contribution in [0.5, 0.6) is 0 Å². The van der Waals surface area contributed by atoms with E-state index >= 15 is 0 Å². The first kappa shape index (κ1) is 13.3. The molecule has 1 aliphatic rings. The molecule has 0 aliphatic carbocycles. The fourth-order valence-corrected chi connectivity index (χ4v) is 2.71. The second-order valence-electron chi connectivity index (χ2n) is 4.00. The van der Waals surface area contributed by atoms with Crippen LogP contribution in [0.4, 0.5) is 0 Å². The summed E-state index contributed by atoms with van der Waals surface area (Å²) in [7, 11) is -3.85. The number of aliphatic imine (C=N–C) groups is 1. The zero-order valence-electron chi connectivity index (χ0n) is 9.76. The average molecular weight is 289 g/mol. The SMILES string of the molecule is CCC1COC(c2ccc(Cl)c(S(N)(=O)=O)c2)=N1. The highest BCUT2D eigenvalue weighted by atomic mass is 35.5. The fourth-order valence-electron chi connectivity index (χ4n) is 1.64. The lowest BCUT2D eigenvalue weighted by atomic mass is 10.2. The molecular formula is C11H13ClN2O3S. The number of hydrogen-bond donors (Lipinski definition) is 1. The van der Waals surface area contributed by atoms with Gasteiger partial charge in [-0.05, 0) is 24.6 Å². The van der Waals surface area contributed by atoms with Gasteiger partial charge in [0.05, 0.1) is 11.1 Å². The Morgan fingerprint density at radius 2 is 2.28 bits per heavy atom. The number of benzene rings is 1. The van der Waals surface area contributed by atoms with Crippen LogP contribution in [-0.4, -0.2) is 27.0 Å². The smallest absolute Gasteiger partial charge is 0.239 e. The molecule has 5 nitrogen and oxygen atoms in total. The van der Waals surface area contributed by atoms with Crippen molar-refractivity contribution in [2.45, 2.75) is 24.3 Å². The van der Waals surface area contributed by atoms with Crippen LogP contribution in [0.2, 0.25) is 5.02 Å². The van der Waals surface area contributed by atoms with E-state index < -0.39 is 10.0 Å². The predicted octanol–water partition coefficient (Wildman–Crippen LogP) is 1.54. The second kappa shape index (κ2) is 4.87. The topological polar surface area (TPSA) is 81.8 Å². The molecule has 2 rings (SSSR count). The van der Waals surface area contributed by atoms with Gasteiger partial charge in [-0.1, -0.05) is 18.5 Å². The van der Waals surface area contributed by atoms with E-state index in [1.165, 1.54) is 12.1 Å². The Morgan fingerprint density at radius 1 is 1.56 bits per heavy atom. The Kier molecular flexibility index (Phi) is 3.61. The van der Waals surface area contributed by atoms with E-state index in [0.717, 1.165) is 6.42 Å². The van der Waals surface area contributed by atoms with Crippen molar-refractivity contribution in [3.8, 4) is 0 Å². The maximum absolute atomic E-state index is 11.4. The number of nitrogens with zero attached hydrogens (tertiary/aromatic N) is 1. The van der Waals surface area contributed by atoms with Crippen molar-refractivity contribution >= 4 is 27.5 Å². The van der Waals surface area contributed by atoms with Gasteiger partial charge in [-0.25, -0.2) is 18.5 Å². The Hall–Kier alpha value is -1.11. The summed E-state index contributed by atoms with van der Waals surface area (Å²) in [4.78, 5) is 4.23. The molecule has 0 amide bonds. The van der Waals surface area contributed by atoms with Crippen molar-refractivity contribution in [3.63, 3.8) is 0 Å². The summed E-state index contributed by atoms with van der Waals surface area (Å²) >= 11 is 5.80. The molecule has 1 aromatic carbocycles. The first-order valence-corrected chi connectivity index (χ1v) is 7.37. The summed E-state index contributed by atoms with van der Waals surface area (Å²) in [6, 6.07) is 4.64. The van der Waals surface area contributed by atoms with Gasteiger partial charge >= 0.3 is 0 Å². The number of ether oxygens (including phenoxy) is 1. The summed E-state index contributed by atoms with van der Waals surface area (Å²) in [6.07, 6.45) is 0.874. The van der Waals surface area contributed by atoms with Gasteiger partial charge in [0, 0.05) is 5.56 Å². The van der Waals surface area contributed by atoms with Crippen LogP contribution in [0.3, 0.4) is 0 Å². The molecule has 1 aromatic rings. The standard InChI is InChI=1S/C11H13ClN2O3S/c1-2-8-6-17-11(14-8)7-3-4-9(12)10(5-7)18(13,15)16/h3-5,8H,2,6H2,1H3,(H2,13,15,16). The van der Waals surface area contributed by atoms with Crippen molar-refractivity contribution in [2.24, 2.45) is 10.1 Å². The zero-order chi connectivity index (χ0) is 13.3. The number of rotatable bonds is 3. The average Bonchev–Trinajstić information content (AvgIpc) is 2.76. The van der Waals surface area contributed by atoms with Crippen molar-refractivity contribution in [1.29, 1.82) is 0 Å². The van der Waals surface area contributed by atoms with E-state index in [9.17, 15) is 8.42 Å². The van der Waals surface area contributed by atoms with Gasteiger partial charge in [0.2, 0.25) is 15.9 Å². The van der Waals surface area contributed by atoms with E-state index in [-0.39, 0.29) is 16.0 Å². The van der Waals surface area contributed by atoms with Gasteiger partial charge in [-0.2, -0.15) is 0 Å². The molecule has 7 heteroatoms. The number of halogens is 1. The molecule has 2 N–H and O–H groups in total. The van der Waals surface area contributed by atoms with Crippen LogP contribution in [0.25, 0.3) is 0 Å². The highest BCUT2D eigenvalue weighted by Crippen LogP contribution is 2.23. The summed E-state index contributed by atoms with van der Waals surface area (Å²) < 4.78 is 28.1. The molecule has 0 aromatic heterocycles. The molecule has 0 spiro atoms. The van der Waals surface area contributed by atoms with Crippen LogP contribution in [-0.2, 0) is 14.8 Å². The molecule has 18 heavy (non-hydrogen) atoms. The van der Waals surface area contributed by atoms with E-state index in [1.807, 2.05) is 6.92 Å². The van der Waals surface area contributed by atoms with Gasteiger partial charge < -0.3 is 4.74 Å². The Morgan fingerprint density at radius 3 is 2.83 bits per heavy atom. The summed E-state index contributed by atoms with van der Waals surface area (Å²) in [5.74, 6) is 0.434. The van der Waals surface area contributed by atoms with Crippen molar-refractivity contribution in [1.82, 2.24) is 0 Å². The highest BCUT2D eigenvalue weighted by Gasteiger charge is 2.21. The van der Waals surface area contributed by atoms with Crippen molar-refractivity contribution < 1.29 is 13.2 Å². The molecule has 1 heterocycles. The summed E-state index contributed by atoms with van der Waals surface area (Å²) in [6.45, 7) is 2.53. The van der Waals surface area contributed by atoms with Gasteiger partial charge in [0.1, 0.15) is 11.5 Å². The minimum absolute atomic E-state index is 0.0897. The van der Waals surface area contributed by atoms with Crippen LogP contribution in [0.15, 0.2) is 28.1 Å². The van der Waals surface area contributed by atoms with E-state index in [1.54, 1.807) is 6.07 Å². The molecule has 0 saturated heterocycles. The maximum atomic E-state index is 11.4. The lowest BCUT2D eigenvalue weighted by Crippen LogP contribution is -2.14. The second-order valence-corrected chi connectivity index (χ2v) is 5.93. The molecule has 98 valence electrons. The third-order valence-electron chi connectivity index (χ3n) is 2.67. The van der Waals surface area contributed by atoms with Crippen molar-refractivity contribution in [3.05, 3.63) is 28.8 Å². The Bertz CT molecular complexity index is 598. The van der Waals surface area contributed by atoms with E-state index in [0.29, 0.717) is 18.1 Å². The largest absolute Gasteiger partial charge is 0.475 e. The third kappa shape index (κ3) is 2.66. The number of sulfonamides is 1. The quantitative estimate of drug-likeness (QED) is 0.916. The molecule has 0 bridgehead atoms. The molecular weight excluding hydrogens is 276 g/mol. The number of nitrogens with two attached hydrogens (primary N) is 1. The van der Waals surface area contributed by atoms with Crippen molar-refractivity contribution in [2.75, 3.05) is 6.61 Å². The highest BCUT2D eigenvalue weighted by molar-refractivity contribution is 7.89. The van der Waals surface area contributed by atoms with Gasteiger partial charge in [-0.15, -0.1) is 0 Å². The maximum Gasteiger partial charge on any atom is 0.239 e. The predicted molar refractivity (Wildman–Crippen MR) is 69.4 cm³/mol. The number of primary sulfonamides is 1. The minimum Gasteiger partial charge on any atom is -0.475 e. The van der Waals surface area contributed by atoms with Gasteiger partial charge in [0.15, 0.2) is 0 Å². The van der Waals surface area contributed by atoms with Gasteiger partial charge in [0.25, 0.3) is 0 Å². The van der Waals surface area contributed by atoms with Crippen LogP contribution < -0.4 is 5.14 Å². The minimum atomic E-state index is -3.85. The molecule has 0 fully saturated rings. The fraction of sp³-hybridized carbons (Fsp3) is 0.364. The first-order valence-electron chi connectivity index (χ1n) is 5.45. The lowest BCUT2D eigenvalue weighted by molar-refractivity contribution is 0.315. The molecule has 1 atom stereocenters. The Balaban J connectivity index is 2.43. The molecule has 1 aliphatic heterocycles. The normalized spacial score (nSPS) is 19.5. The summed E-state index contributed by atoms with van der Waals surface area (Å²) in [5.41, 5.74) is 0.569. The number of hydrogen-bond acceptors (Lipinski definition) is 4. The first-order chi connectivity index (χ1) is 8.41. The van der Waals surface area contributed by atoms with Crippen LogP contribution >= 0.6 is 11.6 Å². The molecule has 1 unspecified atom stereocenters. The lowest BCUT2D eigenvalue weighted by Gasteiger charge is -2.05. The monoisotopic (exact) mass is 288 g/mol. The van der Waals surface area contributed by atoms with E-state index in [2.05, 4.69) is 4.99 Å². The summed E-state index contributed by atoms with van der Waals surface area (Å²) in [5, 5.41) is 5.18. The zero-order valence-corrected chi connectivity index (χ0v) is 11.3. The molecule has 0 radical (unpaired) electrons. The third-order valence-corrected chi connectivity index (χ3v) is 4.06. The molecule has 0 saturated carbocycles. The van der Waals surface area contributed by atoms with Gasteiger partial charge in [-0.3, -0.25) is 0 Å².